The summed E-state index contributed by atoms with van der Waals surface area (Å²) in [6, 6.07) is 17.9. The first kappa shape index (κ1) is 15.0. The molecule has 0 saturated carbocycles. The average molecular weight is 342 g/mol. The smallest absolute Gasteiger partial charge is 0.204 e. The fourth-order valence-electron chi connectivity index (χ4n) is 2.02. The normalized spacial score (nSPS) is 10.4. The zero-order chi connectivity index (χ0) is 15.5. The maximum atomic E-state index is 12.6. The minimum Gasteiger partial charge on any atom is -0.288 e. The zero-order valence-electron chi connectivity index (χ0n) is 11.3. The van der Waals surface area contributed by atoms with Crippen LogP contribution >= 0.6 is 34.9 Å². The van der Waals surface area contributed by atoms with Crippen LogP contribution in [0.2, 0.25) is 0 Å². The van der Waals surface area contributed by atoms with Gasteiger partial charge in [0.1, 0.15) is 3.14 Å². The second-order valence-corrected chi connectivity index (χ2v) is 7.73. The second kappa shape index (κ2) is 6.44. The molecule has 0 aliphatic rings. The lowest BCUT2D eigenvalue weighted by Gasteiger charge is -2.02. The third-order valence-electron chi connectivity index (χ3n) is 3.06. The van der Waals surface area contributed by atoms with E-state index in [1.54, 1.807) is 48.5 Å². The fourth-order valence-corrected chi connectivity index (χ4v) is 4.56. The van der Waals surface area contributed by atoms with Crippen molar-refractivity contribution in [2.45, 2.75) is 0 Å². The molecule has 0 N–H and O–H groups in total. The summed E-state index contributed by atoms with van der Waals surface area (Å²) in [5.74, 6) is -0.311. The Kier molecular flexibility index (Phi) is 4.38. The monoisotopic (exact) mass is 342 g/mol. The Morgan fingerprint density at radius 2 is 1.05 bits per heavy atom. The van der Waals surface area contributed by atoms with Crippen molar-refractivity contribution in [1.29, 1.82) is 0 Å². The Balaban J connectivity index is 2.06. The van der Waals surface area contributed by atoms with Gasteiger partial charge in [-0.15, -0.1) is 22.7 Å². The van der Waals surface area contributed by atoms with Crippen LogP contribution in [0.5, 0.6) is 0 Å². The Morgan fingerprint density at radius 1 is 0.682 bits per heavy atom. The van der Waals surface area contributed by atoms with Crippen LogP contribution in [0.1, 0.15) is 30.5 Å². The van der Waals surface area contributed by atoms with Gasteiger partial charge in [0.15, 0.2) is 0 Å². The number of benzene rings is 2. The van der Waals surface area contributed by atoms with Crippen molar-refractivity contribution in [3.63, 3.8) is 0 Å². The first-order valence-electron chi connectivity index (χ1n) is 6.50. The number of ketones is 2. The molecule has 0 spiro atoms. The first-order chi connectivity index (χ1) is 10.7. The van der Waals surface area contributed by atoms with Gasteiger partial charge in [0.2, 0.25) is 11.6 Å². The average Bonchev–Trinajstić information content (AvgIpc) is 2.97. The molecule has 0 bridgehead atoms. The molecule has 5 heteroatoms. The lowest BCUT2D eigenvalue weighted by molar-refractivity contribution is 0.101. The molecule has 0 aliphatic carbocycles. The van der Waals surface area contributed by atoms with Gasteiger partial charge in [-0.05, 0) is 0 Å². The van der Waals surface area contributed by atoms with Gasteiger partial charge in [-0.3, -0.25) is 9.59 Å². The summed E-state index contributed by atoms with van der Waals surface area (Å²) < 4.78 is 0.582. The summed E-state index contributed by atoms with van der Waals surface area (Å²) in [7, 11) is 0. The molecule has 0 saturated heterocycles. The van der Waals surface area contributed by atoms with E-state index in [2.05, 4.69) is 0 Å². The standard InChI is InChI=1S/C17H10O2S3/c18-13(11-7-3-1-4-8-11)15-16(22-17(20)21-15)14(19)12-9-5-2-6-10-12/h1-10H. The minimum atomic E-state index is -0.155. The van der Waals surface area contributed by atoms with Crippen LogP contribution in [-0.2, 0) is 0 Å². The van der Waals surface area contributed by atoms with Crippen molar-refractivity contribution in [2.75, 3.05) is 0 Å². The van der Waals surface area contributed by atoms with E-state index in [-0.39, 0.29) is 11.6 Å². The second-order valence-electron chi connectivity index (χ2n) is 4.50. The molecule has 3 aromatic rings. The highest BCUT2D eigenvalue weighted by Crippen LogP contribution is 2.29. The molecule has 22 heavy (non-hydrogen) atoms. The van der Waals surface area contributed by atoms with Crippen LogP contribution in [0.15, 0.2) is 60.7 Å². The molecule has 0 aliphatic heterocycles. The summed E-state index contributed by atoms with van der Waals surface area (Å²) >= 11 is 7.60. The largest absolute Gasteiger partial charge is 0.288 e. The van der Waals surface area contributed by atoms with Crippen LogP contribution in [-0.4, -0.2) is 11.6 Å². The molecule has 108 valence electrons. The molecule has 1 aromatic heterocycles. The topological polar surface area (TPSA) is 34.1 Å². The predicted octanol–water partition coefficient (Wildman–Crippen LogP) is 5.00. The van der Waals surface area contributed by atoms with E-state index in [1.807, 2.05) is 12.1 Å². The van der Waals surface area contributed by atoms with Crippen molar-refractivity contribution >= 4 is 46.5 Å². The lowest BCUT2D eigenvalue weighted by atomic mass is 10.1. The van der Waals surface area contributed by atoms with Crippen molar-refractivity contribution in [2.24, 2.45) is 0 Å². The van der Waals surface area contributed by atoms with Crippen LogP contribution in [0.3, 0.4) is 0 Å². The molecular weight excluding hydrogens is 332 g/mol. The highest BCUT2D eigenvalue weighted by molar-refractivity contribution is 7.76. The lowest BCUT2D eigenvalue weighted by Crippen LogP contribution is -2.07. The van der Waals surface area contributed by atoms with E-state index in [1.165, 1.54) is 22.7 Å². The maximum Gasteiger partial charge on any atom is 0.204 e. The number of hydrogen-bond donors (Lipinski definition) is 0. The van der Waals surface area contributed by atoms with E-state index >= 15 is 0 Å². The van der Waals surface area contributed by atoms with Gasteiger partial charge in [0.05, 0.1) is 9.75 Å². The van der Waals surface area contributed by atoms with E-state index < -0.39 is 0 Å². The molecular formula is C17H10O2S3. The summed E-state index contributed by atoms with van der Waals surface area (Å²) in [6.07, 6.45) is 0. The Hall–Kier alpha value is -1.95. The van der Waals surface area contributed by atoms with Gasteiger partial charge in [-0.1, -0.05) is 72.9 Å². The number of hydrogen-bond acceptors (Lipinski definition) is 5. The summed E-state index contributed by atoms with van der Waals surface area (Å²) in [5.41, 5.74) is 1.13. The van der Waals surface area contributed by atoms with Gasteiger partial charge >= 0.3 is 0 Å². The number of carbonyl (C=O) groups excluding carboxylic acids is 2. The molecule has 2 aromatic carbocycles. The van der Waals surface area contributed by atoms with E-state index in [0.29, 0.717) is 24.0 Å². The summed E-state index contributed by atoms with van der Waals surface area (Å²) in [6.45, 7) is 0. The third kappa shape index (κ3) is 2.97. The quantitative estimate of drug-likeness (QED) is 0.494. The Bertz CT molecular complexity index is 805. The van der Waals surface area contributed by atoms with Crippen LogP contribution in [0, 0.1) is 3.14 Å². The van der Waals surface area contributed by atoms with E-state index in [9.17, 15) is 9.59 Å². The predicted molar refractivity (Wildman–Crippen MR) is 92.8 cm³/mol. The first-order valence-corrected chi connectivity index (χ1v) is 8.54. The van der Waals surface area contributed by atoms with Crippen LogP contribution in [0.25, 0.3) is 0 Å². The SMILES string of the molecule is O=C(c1ccccc1)c1sc(=S)sc1C(=O)c1ccccc1. The summed E-state index contributed by atoms with van der Waals surface area (Å²) in [5, 5.41) is 0. The van der Waals surface area contributed by atoms with Crippen molar-refractivity contribution in [1.82, 2.24) is 0 Å². The van der Waals surface area contributed by atoms with E-state index in [4.69, 9.17) is 12.2 Å². The Morgan fingerprint density at radius 3 is 1.41 bits per heavy atom. The van der Waals surface area contributed by atoms with Crippen LogP contribution in [0.4, 0.5) is 0 Å². The number of rotatable bonds is 4. The van der Waals surface area contributed by atoms with Gasteiger partial charge in [-0.2, -0.15) is 0 Å². The summed E-state index contributed by atoms with van der Waals surface area (Å²) in [4.78, 5) is 26.1. The fraction of sp³-hybridized carbons (Fsp3) is 0. The van der Waals surface area contributed by atoms with Gasteiger partial charge in [-0.25, -0.2) is 0 Å². The highest BCUT2D eigenvalue weighted by atomic mass is 32.2. The molecule has 0 amide bonds. The van der Waals surface area contributed by atoms with Gasteiger partial charge in [0.25, 0.3) is 0 Å². The molecule has 0 unspecified atom stereocenters. The van der Waals surface area contributed by atoms with Gasteiger partial charge in [0, 0.05) is 11.1 Å². The minimum absolute atomic E-state index is 0.155. The molecule has 0 atom stereocenters. The van der Waals surface area contributed by atoms with Crippen molar-refractivity contribution < 1.29 is 9.59 Å². The Labute approximate surface area is 140 Å². The van der Waals surface area contributed by atoms with Crippen molar-refractivity contribution in [3.8, 4) is 0 Å². The van der Waals surface area contributed by atoms with Crippen molar-refractivity contribution in [3.05, 3.63) is 84.7 Å². The number of carbonyl (C=O) groups is 2. The molecule has 2 nitrogen and oxygen atoms in total. The molecule has 1 heterocycles. The molecule has 3 rings (SSSR count). The molecule has 0 radical (unpaired) electrons. The van der Waals surface area contributed by atoms with Crippen LogP contribution < -0.4 is 0 Å². The maximum absolute atomic E-state index is 12.6. The van der Waals surface area contributed by atoms with E-state index in [0.717, 1.165) is 0 Å². The molecule has 0 fully saturated rings. The highest BCUT2D eigenvalue weighted by Gasteiger charge is 2.22. The van der Waals surface area contributed by atoms with Gasteiger partial charge < -0.3 is 0 Å². The zero-order valence-corrected chi connectivity index (χ0v) is 13.8. The third-order valence-corrected chi connectivity index (χ3v) is 5.71.